The van der Waals surface area contributed by atoms with E-state index in [1.165, 1.54) is 5.57 Å². The number of amides is 1. The van der Waals surface area contributed by atoms with Crippen LogP contribution in [0.5, 0.6) is 0 Å². The molecule has 2 saturated heterocycles. The maximum absolute atomic E-state index is 11.7. The van der Waals surface area contributed by atoms with Crippen molar-refractivity contribution >= 4 is 5.91 Å². The topological polar surface area (TPSA) is 52.6 Å². The summed E-state index contributed by atoms with van der Waals surface area (Å²) in [7, 11) is 0. The Morgan fingerprint density at radius 2 is 2.10 bits per heavy atom. The largest absolute Gasteiger partial charge is 0.386 e. The summed E-state index contributed by atoms with van der Waals surface area (Å²) in [4.78, 5) is 13.8. The lowest BCUT2D eigenvalue weighted by Crippen LogP contribution is -2.51. The fourth-order valence-corrected chi connectivity index (χ4v) is 4.01. The molecule has 0 spiro atoms. The second-order valence-corrected chi connectivity index (χ2v) is 7.03. The smallest absolute Gasteiger partial charge is 0.219 e. The SMILES string of the molecule is CC(=O)N1[C@@H]2CC[C@H]1C[C@H](NCC1=CCC(C)(O)C=C1)C2. The van der Waals surface area contributed by atoms with E-state index in [-0.39, 0.29) is 5.91 Å². The maximum Gasteiger partial charge on any atom is 0.219 e. The predicted octanol–water partition coefficient (Wildman–Crippen LogP) is 1.76. The summed E-state index contributed by atoms with van der Waals surface area (Å²) < 4.78 is 0. The molecule has 0 saturated carbocycles. The number of piperidine rings is 1. The molecule has 0 radical (unpaired) electrons. The van der Waals surface area contributed by atoms with E-state index in [0.29, 0.717) is 24.5 Å². The van der Waals surface area contributed by atoms with Crippen LogP contribution in [0.2, 0.25) is 0 Å². The van der Waals surface area contributed by atoms with Gasteiger partial charge in [0.2, 0.25) is 5.91 Å². The van der Waals surface area contributed by atoms with Gasteiger partial charge in [-0.15, -0.1) is 0 Å². The van der Waals surface area contributed by atoms with Gasteiger partial charge in [-0.25, -0.2) is 0 Å². The summed E-state index contributed by atoms with van der Waals surface area (Å²) in [5.74, 6) is 0.237. The highest BCUT2D eigenvalue weighted by molar-refractivity contribution is 5.74. The molecular formula is C17H26N2O2. The van der Waals surface area contributed by atoms with Crippen molar-refractivity contribution in [2.75, 3.05) is 6.54 Å². The van der Waals surface area contributed by atoms with Gasteiger partial charge in [0.25, 0.3) is 0 Å². The van der Waals surface area contributed by atoms with Gasteiger partial charge < -0.3 is 15.3 Å². The van der Waals surface area contributed by atoms with Crippen LogP contribution >= 0.6 is 0 Å². The molecule has 2 fully saturated rings. The molecule has 1 aliphatic carbocycles. The lowest BCUT2D eigenvalue weighted by atomic mass is 9.93. The summed E-state index contributed by atoms with van der Waals surface area (Å²) in [5.41, 5.74) is 0.568. The lowest BCUT2D eigenvalue weighted by molar-refractivity contribution is -0.133. The Labute approximate surface area is 126 Å². The third-order valence-corrected chi connectivity index (χ3v) is 5.13. The van der Waals surface area contributed by atoms with Crippen molar-refractivity contribution in [1.29, 1.82) is 0 Å². The highest BCUT2D eigenvalue weighted by atomic mass is 16.3. The summed E-state index contributed by atoms with van der Waals surface area (Å²) in [6.45, 7) is 4.39. The molecule has 2 aliphatic heterocycles. The Kier molecular flexibility index (Phi) is 3.93. The van der Waals surface area contributed by atoms with E-state index >= 15 is 0 Å². The first-order valence-electron chi connectivity index (χ1n) is 8.07. The molecule has 0 aromatic carbocycles. The van der Waals surface area contributed by atoms with Gasteiger partial charge in [-0.2, -0.15) is 0 Å². The number of aliphatic hydroxyl groups is 1. The van der Waals surface area contributed by atoms with Gasteiger partial charge in [0.15, 0.2) is 0 Å². The summed E-state index contributed by atoms with van der Waals surface area (Å²) in [6, 6.07) is 1.39. The molecule has 4 atom stereocenters. The fraction of sp³-hybridized carbons (Fsp3) is 0.706. The molecule has 1 amide bonds. The first-order chi connectivity index (χ1) is 9.94. The van der Waals surface area contributed by atoms with Crippen LogP contribution in [-0.4, -0.2) is 46.2 Å². The number of hydrogen-bond donors (Lipinski definition) is 2. The van der Waals surface area contributed by atoms with E-state index in [0.717, 1.165) is 32.2 Å². The molecule has 4 nitrogen and oxygen atoms in total. The molecule has 116 valence electrons. The zero-order valence-electron chi connectivity index (χ0n) is 13.0. The summed E-state index contributed by atoms with van der Waals surface area (Å²) >= 11 is 0. The molecule has 0 aromatic heterocycles. The molecule has 4 heteroatoms. The second kappa shape index (κ2) is 5.58. The fourth-order valence-electron chi connectivity index (χ4n) is 4.01. The molecule has 3 rings (SSSR count). The van der Waals surface area contributed by atoms with Crippen LogP contribution in [0.25, 0.3) is 0 Å². The minimum absolute atomic E-state index is 0.237. The van der Waals surface area contributed by atoms with Crippen LogP contribution in [0.4, 0.5) is 0 Å². The zero-order valence-corrected chi connectivity index (χ0v) is 13.0. The third-order valence-electron chi connectivity index (χ3n) is 5.13. The van der Waals surface area contributed by atoms with E-state index in [4.69, 9.17) is 0 Å². The van der Waals surface area contributed by atoms with Crippen LogP contribution in [0.3, 0.4) is 0 Å². The first kappa shape index (κ1) is 14.8. The van der Waals surface area contributed by atoms with Gasteiger partial charge in [0.1, 0.15) is 0 Å². The quantitative estimate of drug-likeness (QED) is 0.832. The van der Waals surface area contributed by atoms with Crippen molar-refractivity contribution in [3.63, 3.8) is 0 Å². The van der Waals surface area contributed by atoms with Gasteiger partial charge in [-0.05, 0) is 44.6 Å². The Morgan fingerprint density at radius 3 is 2.62 bits per heavy atom. The molecule has 1 unspecified atom stereocenters. The van der Waals surface area contributed by atoms with Crippen molar-refractivity contribution in [3.05, 3.63) is 23.8 Å². The molecule has 2 heterocycles. The van der Waals surface area contributed by atoms with E-state index < -0.39 is 5.60 Å². The van der Waals surface area contributed by atoms with Crippen LogP contribution in [-0.2, 0) is 4.79 Å². The van der Waals surface area contributed by atoms with E-state index in [2.05, 4.69) is 16.3 Å². The van der Waals surface area contributed by atoms with E-state index in [9.17, 15) is 9.90 Å². The van der Waals surface area contributed by atoms with Crippen molar-refractivity contribution in [1.82, 2.24) is 10.2 Å². The van der Waals surface area contributed by atoms with Crippen LogP contribution < -0.4 is 5.32 Å². The second-order valence-electron chi connectivity index (χ2n) is 7.03. The Morgan fingerprint density at radius 1 is 1.43 bits per heavy atom. The summed E-state index contributed by atoms with van der Waals surface area (Å²) in [6.07, 6.45) is 11.2. The molecule has 2 N–H and O–H groups in total. The molecule has 0 aromatic rings. The average Bonchev–Trinajstić information content (AvgIpc) is 2.69. The lowest BCUT2D eigenvalue weighted by Gasteiger charge is -2.39. The van der Waals surface area contributed by atoms with Crippen molar-refractivity contribution in [3.8, 4) is 0 Å². The summed E-state index contributed by atoms with van der Waals surface area (Å²) in [5, 5.41) is 13.5. The van der Waals surface area contributed by atoms with Crippen LogP contribution in [0.1, 0.15) is 46.0 Å². The van der Waals surface area contributed by atoms with Gasteiger partial charge in [0, 0.05) is 31.6 Å². The molecular weight excluding hydrogens is 264 g/mol. The maximum atomic E-state index is 11.7. The van der Waals surface area contributed by atoms with Crippen molar-refractivity contribution < 1.29 is 9.90 Å². The number of carbonyl (C=O) groups excluding carboxylic acids is 1. The normalized spacial score (nSPS) is 38.5. The number of rotatable bonds is 3. The van der Waals surface area contributed by atoms with Gasteiger partial charge in [-0.3, -0.25) is 4.79 Å². The van der Waals surface area contributed by atoms with Gasteiger partial charge in [-0.1, -0.05) is 18.2 Å². The highest BCUT2D eigenvalue weighted by Crippen LogP contribution is 2.35. The Hall–Kier alpha value is -1.13. The predicted molar refractivity (Wildman–Crippen MR) is 82.8 cm³/mol. The highest BCUT2D eigenvalue weighted by Gasteiger charge is 2.41. The monoisotopic (exact) mass is 290 g/mol. The minimum atomic E-state index is -0.685. The number of fused-ring (bicyclic) bond motifs is 2. The number of nitrogens with zero attached hydrogens (tertiary/aromatic N) is 1. The number of hydrogen-bond acceptors (Lipinski definition) is 3. The first-order valence-corrected chi connectivity index (χ1v) is 8.07. The molecule has 3 aliphatic rings. The molecule has 2 bridgehead atoms. The molecule has 21 heavy (non-hydrogen) atoms. The minimum Gasteiger partial charge on any atom is -0.386 e. The average molecular weight is 290 g/mol. The van der Waals surface area contributed by atoms with Gasteiger partial charge >= 0.3 is 0 Å². The standard InChI is InChI=1S/C17H26N2O2/c1-12(20)19-15-3-4-16(19)10-14(9-15)18-11-13-5-7-17(2,21)8-6-13/h5-7,14-16,18,21H,3-4,8-11H2,1-2H3/t14-,15-,16+,17?. The zero-order chi connectivity index (χ0) is 15.0. The van der Waals surface area contributed by atoms with Crippen molar-refractivity contribution in [2.45, 2.75) is 69.7 Å². The van der Waals surface area contributed by atoms with Crippen LogP contribution in [0, 0.1) is 0 Å². The number of carbonyl (C=O) groups is 1. The van der Waals surface area contributed by atoms with Crippen LogP contribution in [0.15, 0.2) is 23.8 Å². The number of nitrogens with one attached hydrogen (secondary N) is 1. The Bertz CT molecular complexity index is 467. The van der Waals surface area contributed by atoms with E-state index in [1.807, 2.05) is 19.1 Å². The van der Waals surface area contributed by atoms with Gasteiger partial charge in [0.05, 0.1) is 5.60 Å². The van der Waals surface area contributed by atoms with E-state index in [1.54, 1.807) is 6.92 Å². The van der Waals surface area contributed by atoms with Crippen molar-refractivity contribution in [2.24, 2.45) is 0 Å². The Balaban J connectivity index is 1.51. The third kappa shape index (κ3) is 3.22.